The zero-order valence-corrected chi connectivity index (χ0v) is 20.0. The molecule has 1 atom stereocenters. The molecular formula is C23H32N2O5S. The highest BCUT2D eigenvalue weighted by Gasteiger charge is 2.25. The van der Waals surface area contributed by atoms with E-state index in [0.717, 1.165) is 33.0 Å². The van der Waals surface area contributed by atoms with Gasteiger partial charge in [-0.1, -0.05) is 26.0 Å². The second-order valence-corrected chi connectivity index (χ2v) is 9.74. The largest absolute Gasteiger partial charge is 0.496 e. The smallest absolute Gasteiger partial charge is 0.241 e. The molecule has 31 heavy (non-hydrogen) atoms. The van der Waals surface area contributed by atoms with Gasteiger partial charge < -0.3 is 14.8 Å². The average Bonchev–Trinajstić information content (AvgIpc) is 2.70. The fourth-order valence-electron chi connectivity index (χ4n) is 3.52. The Kier molecular flexibility index (Phi) is 7.95. The Bertz CT molecular complexity index is 1030. The quantitative estimate of drug-likeness (QED) is 0.631. The summed E-state index contributed by atoms with van der Waals surface area (Å²) in [5, 5.41) is 2.92. The van der Waals surface area contributed by atoms with Crippen LogP contribution in [0.3, 0.4) is 0 Å². The summed E-state index contributed by atoms with van der Waals surface area (Å²) in [5.74, 6) is 1.03. The molecule has 0 radical (unpaired) electrons. The summed E-state index contributed by atoms with van der Waals surface area (Å²) in [6.45, 7) is 7.65. The molecule has 2 aromatic rings. The van der Waals surface area contributed by atoms with E-state index < -0.39 is 15.9 Å². The van der Waals surface area contributed by atoms with Crippen LogP contribution in [0.15, 0.2) is 36.4 Å². The lowest BCUT2D eigenvalue weighted by Gasteiger charge is -2.25. The molecule has 0 saturated heterocycles. The number of aryl methyl sites for hydroxylation is 1. The van der Waals surface area contributed by atoms with E-state index in [1.807, 2.05) is 26.0 Å². The fourth-order valence-corrected chi connectivity index (χ4v) is 4.38. The summed E-state index contributed by atoms with van der Waals surface area (Å²) in [6, 6.07) is 10.4. The highest BCUT2D eigenvalue weighted by atomic mass is 32.2. The molecule has 0 spiro atoms. The number of sulfonamides is 1. The van der Waals surface area contributed by atoms with Crippen molar-refractivity contribution >= 4 is 21.6 Å². The number of amides is 1. The molecule has 0 aromatic heterocycles. The lowest BCUT2D eigenvalue weighted by Crippen LogP contribution is -2.41. The second kappa shape index (κ2) is 10.0. The molecule has 1 N–H and O–H groups in total. The predicted octanol–water partition coefficient (Wildman–Crippen LogP) is 3.78. The van der Waals surface area contributed by atoms with E-state index >= 15 is 0 Å². The van der Waals surface area contributed by atoms with Crippen LogP contribution < -0.4 is 19.1 Å². The number of para-hydroxylation sites is 2. The second-order valence-electron chi connectivity index (χ2n) is 7.84. The molecule has 0 fully saturated rings. The third-order valence-electron chi connectivity index (χ3n) is 5.13. The highest BCUT2D eigenvalue weighted by Crippen LogP contribution is 2.32. The maximum atomic E-state index is 12.8. The number of methoxy groups -OCH3 is 2. The monoisotopic (exact) mass is 448 g/mol. The van der Waals surface area contributed by atoms with Crippen molar-refractivity contribution in [3.05, 3.63) is 53.1 Å². The normalized spacial score (nSPS) is 12.4. The number of anilines is 1. The Morgan fingerprint density at radius 1 is 1.03 bits per heavy atom. The third kappa shape index (κ3) is 5.91. The average molecular weight is 449 g/mol. The van der Waals surface area contributed by atoms with E-state index in [-0.39, 0.29) is 18.5 Å². The highest BCUT2D eigenvalue weighted by molar-refractivity contribution is 7.92. The Morgan fingerprint density at radius 3 is 2.19 bits per heavy atom. The van der Waals surface area contributed by atoms with Crippen LogP contribution in [0.1, 0.15) is 49.4 Å². The van der Waals surface area contributed by atoms with Crippen molar-refractivity contribution in [1.82, 2.24) is 5.32 Å². The minimum absolute atomic E-state index is 0.253. The Balaban J connectivity index is 2.28. The van der Waals surface area contributed by atoms with Crippen molar-refractivity contribution in [2.24, 2.45) is 0 Å². The number of hydrogen-bond donors (Lipinski definition) is 1. The fraction of sp³-hybridized carbons (Fsp3) is 0.435. The molecule has 0 heterocycles. The van der Waals surface area contributed by atoms with Gasteiger partial charge in [0.1, 0.15) is 18.0 Å². The first-order chi connectivity index (χ1) is 14.5. The van der Waals surface area contributed by atoms with Gasteiger partial charge in [-0.05, 0) is 60.7 Å². The van der Waals surface area contributed by atoms with Crippen LogP contribution in [0, 0.1) is 6.92 Å². The van der Waals surface area contributed by atoms with Crippen molar-refractivity contribution in [2.45, 2.75) is 39.7 Å². The standard InChI is InChI=1S/C23H32N2O5S/c1-15(2)18-13-19(16(3)12-22(18)30-6)17(4)24-23(26)14-25(31(7,27)28)20-10-8-9-11-21(20)29-5/h8-13,15,17H,14H2,1-7H3,(H,24,26)/t17-/m1/s1. The minimum Gasteiger partial charge on any atom is -0.496 e. The third-order valence-corrected chi connectivity index (χ3v) is 6.25. The molecule has 2 rings (SSSR count). The van der Waals surface area contributed by atoms with E-state index in [0.29, 0.717) is 11.4 Å². The molecule has 7 nitrogen and oxygen atoms in total. The molecule has 0 aliphatic heterocycles. The van der Waals surface area contributed by atoms with Gasteiger partial charge in [0, 0.05) is 0 Å². The molecule has 0 bridgehead atoms. The van der Waals surface area contributed by atoms with Gasteiger partial charge in [0.25, 0.3) is 0 Å². The number of ether oxygens (including phenoxy) is 2. The maximum Gasteiger partial charge on any atom is 0.241 e. The predicted molar refractivity (Wildman–Crippen MR) is 124 cm³/mol. The van der Waals surface area contributed by atoms with Crippen LogP contribution >= 0.6 is 0 Å². The van der Waals surface area contributed by atoms with E-state index in [4.69, 9.17) is 9.47 Å². The van der Waals surface area contributed by atoms with E-state index in [1.165, 1.54) is 7.11 Å². The molecule has 1 amide bonds. The Labute approximate surface area is 185 Å². The first-order valence-electron chi connectivity index (χ1n) is 10.1. The number of benzene rings is 2. The molecule has 0 aliphatic rings. The van der Waals surface area contributed by atoms with Crippen molar-refractivity contribution in [1.29, 1.82) is 0 Å². The van der Waals surface area contributed by atoms with E-state index in [9.17, 15) is 13.2 Å². The van der Waals surface area contributed by atoms with Crippen LogP contribution in [0.4, 0.5) is 5.69 Å². The van der Waals surface area contributed by atoms with Crippen LogP contribution in [0.5, 0.6) is 11.5 Å². The summed E-state index contributed by atoms with van der Waals surface area (Å²) in [6.07, 6.45) is 1.07. The molecule has 0 unspecified atom stereocenters. The number of nitrogens with zero attached hydrogens (tertiary/aromatic N) is 1. The number of rotatable bonds is 9. The number of carbonyl (C=O) groups is 1. The van der Waals surface area contributed by atoms with Gasteiger partial charge in [-0.25, -0.2) is 8.42 Å². The number of hydrogen-bond acceptors (Lipinski definition) is 5. The zero-order chi connectivity index (χ0) is 23.3. The van der Waals surface area contributed by atoms with Gasteiger partial charge in [0.05, 0.1) is 32.2 Å². The first kappa shape index (κ1) is 24.5. The topological polar surface area (TPSA) is 84.9 Å². The summed E-state index contributed by atoms with van der Waals surface area (Å²) in [4.78, 5) is 12.8. The summed E-state index contributed by atoms with van der Waals surface area (Å²) in [5.41, 5.74) is 3.31. The summed E-state index contributed by atoms with van der Waals surface area (Å²) < 4.78 is 36.6. The number of nitrogens with one attached hydrogen (secondary N) is 1. The van der Waals surface area contributed by atoms with Crippen molar-refractivity contribution in [3.8, 4) is 11.5 Å². The summed E-state index contributed by atoms with van der Waals surface area (Å²) >= 11 is 0. The van der Waals surface area contributed by atoms with Crippen LogP contribution in [-0.2, 0) is 14.8 Å². The zero-order valence-electron chi connectivity index (χ0n) is 19.2. The van der Waals surface area contributed by atoms with Crippen molar-refractivity contribution in [3.63, 3.8) is 0 Å². The Hall–Kier alpha value is -2.74. The molecule has 170 valence electrons. The van der Waals surface area contributed by atoms with E-state index in [1.54, 1.807) is 31.4 Å². The first-order valence-corrected chi connectivity index (χ1v) is 11.9. The van der Waals surface area contributed by atoms with Gasteiger partial charge in [-0.2, -0.15) is 0 Å². The maximum absolute atomic E-state index is 12.8. The minimum atomic E-state index is -3.71. The van der Waals surface area contributed by atoms with Crippen LogP contribution in [-0.4, -0.2) is 41.3 Å². The number of carbonyl (C=O) groups excluding carboxylic acids is 1. The lowest BCUT2D eigenvalue weighted by molar-refractivity contribution is -0.120. The molecular weight excluding hydrogens is 416 g/mol. The van der Waals surface area contributed by atoms with Crippen LogP contribution in [0.25, 0.3) is 0 Å². The van der Waals surface area contributed by atoms with Gasteiger partial charge in [-0.15, -0.1) is 0 Å². The lowest BCUT2D eigenvalue weighted by atomic mass is 9.93. The van der Waals surface area contributed by atoms with Gasteiger partial charge in [0.2, 0.25) is 15.9 Å². The van der Waals surface area contributed by atoms with Crippen molar-refractivity contribution < 1.29 is 22.7 Å². The van der Waals surface area contributed by atoms with Crippen LogP contribution in [0.2, 0.25) is 0 Å². The van der Waals surface area contributed by atoms with Gasteiger partial charge >= 0.3 is 0 Å². The molecule has 2 aromatic carbocycles. The van der Waals surface area contributed by atoms with Crippen molar-refractivity contribution in [2.75, 3.05) is 31.3 Å². The molecule has 0 aliphatic carbocycles. The summed E-state index contributed by atoms with van der Waals surface area (Å²) in [7, 11) is -0.605. The molecule has 0 saturated carbocycles. The Morgan fingerprint density at radius 2 is 1.65 bits per heavy atom. The molecule has 8 heteroatoms. The SMILES string of the molecule is COc1cc(C)c([C@@H](C)NC(=O)CN(c2ccccc2OC)S(C)(=O)=O)cc1C(C)C. The van der Waals surface area contributed by atoms with E-state index in [2.05, 4.69) is 19.2 Å². The van der Waals surface area contributed by atoms with Gasteiger partial charge in [-0.3, -0.25) is 9.10 Å². The van der Waals surface area contributed by atoms with Gasteiger partial charge in [0.15, 0.2) is 0 Å².